The molecule has 0 bridgehead atoms. The molecule has 1 atom stereocenters. The van der Waals surface area contributed by atoms with Gasteiger partial charge in [-0.2, -0.15) is 13.2 Å². The van der Waals surface area contributed by atoms with Crippen molar-refractivity contribution < 1.29 is 27.8 Å². The lowest BCUT2D eigenvalue weighted by atomic mass is 10.2. The Morgan fingerprint density at radius 3 is 2.50 bits per heavy atom. The molecule has 0 saturated carbocycles. The molecule has 1 unspecified atom stereocenters. The van der Waals surface area contributed by atoms with Crippen molar-refractivity contribution in [2.45, 2.75) is 25.1 Å². The van der Waals surface area contributed by atoms with E-state index >= 15 is 0 Å². The monoisotopic (exact) mass is 320 g/mol. The fourth-order valence-corrected chi connectivity index (χ4v) is 1.57. The van der Waals surface area contributed by atoms with Crippen LogP contribution in [0.2, 0.25) is 0 Å². The Kier molecular flexibility index (Phi) is 7.13. The highest BCUT2D eigenvalue weighted by Gasteiger charge is 2.30. The second kappa shape index (κ2) is 8.60. The highest BCUT2D eigenvalue weighted by atomic mass is 19.4. The first-order valence-electron chi connectivity index (χ1n) is 6.78. The highest BCUT2D eigenvalue weighted by Crippen LogP contribution is 2.30. The van der Waals surface area contributed by atoms with E-state index in [0.717, 1.165) is 12.1 Å². The summed E-state index contributed by atoms with van der Waals surface area (Å²) >= 11 is 0. The smallest absolute Gasteiger partial charge is 0.416 e. The summed E-state index contributed by atoms with van der Waals surface area (Å²) in [5, 5.41) is 12.1. The van der Waals surface area contributed by atoms with Gasteiger partial charge in [0.25, 0.3) is 0 Å². The number of aliphatic hydroxyl groups excluding tert-OH is 1. The van der Waals surface area contributed by atoms with Gasteiger partial charge in [0.15, 0.2) is 0 Å². The molecular weight excluding hydrogens is 301 g/mol. The summed E-state index contributed by atoms with van der Waals surface area (Å²) in [5.41, 5.74) is 4.49. The Balaban J connectivity index is 2.32. The van der Waals surface area contributed by atoms with Crippen LogP contribution in [0.3, 0.4) is 0 Å². The number of hydrogen-bond donors (Lipinski definition) is 3. The number of hydrogen-bond acceptors (Lipinski definition) is 4. The predicted octanol–water partition coefficient (Wildman–Crippen LogP) is 1.30. The number of benzene rings is 1. The SMILES string of the molecule is NCCCC(=O)NCC(O)COc1ccc(C(F)(F)F)cc1. The van der Waals surface area contributed by atoms with E-state index in [4.69, 9.17) is 10.5 Å². The van der Waals surface area contributed by atoms with Crippen LogP contribution in [0.15, 0.2) is 24.3 Å². The Bertz CT molecular complexity index is 463. The number of carbonyl (C=O) groups excluding carboxylic acids is 1. The molecule has 0 radical (unpaired) electrons. The first-order valence-corrected chi connectivity index (χ1v) is 6.78. The highest BCUT2D eigenvalue weighted by molar-refractivity contribution is 5.75. The van der Waals surface area contributed by atoms with Crippen LogP contribution in [0, 0.1) is 0 Å². The lowest BCUT2D eigenvalue weighted by Gasteiger charge is -2.14. The molecule has 0 aliphatic heterocycles. The Morgan fingerprint density at radius 2 is 1.95 bits per heavy atom. The first-order chi connectivity index (χ1) is 10.3. The Morgan fingerprint density at radius 1 is 1.32 bits per heavy atom. The van der Waals surface area contributed by atoms with Gasteiger partial charge in [0.2, 0.25) is 5.91 Å². The number of alkyl halides is 3. The average Bonchev–Trinajstić information content (AvgIpc) is 2.48. The van der Waals surface area contributed by atoms with Gasteiger partial charge in [0.05, 0.1) is 5.56 Å². The maximum atomic E-state index is 12.4. The Labute approximate surface area is 126 Å². The topological polar surface area (TPSA) is 84.6 Å². The normalized spacial score (nSPS) is 12.8. The molecule has 4 N–H and O–H groups in total. The molecule has 5 nitrogen and oxygen atoms in total. The maximum absolute atomic E-state index is 12.4. The summed E-state index contributed by atoms with van der Waals surface area (Å²) in [6.45, 7) is 0.277. The van der Waals surface area contributed by atoms with Crippen LogP contribution in [0.5, 0.6) is 5.75 Å². The molecule has 0 aliphatic rings. The minimum Gasteiger partial charge on any atom is -0.491 e. The van der Waals surface area contributed by atoms with Crippen LogP contribution in [0.1, 0.15) is 18.4 Å². The second-order valence-corrected chi connectivity index (χ2v) is 4.68. The zero-order valence-corrected chi connectivity index (χ0v) is 11.9. The lowest BCUT2D eigenvalue weighted by Crippen LogP contribution is -2.35. The molecule has 0 aromatic heterocycles. The molecule has 0 saturated heterocycles. The van der Waals surface area contributed by atoms with Gasteiger partial charge in [-0.05, 0) is 37.2 Å². The predicted molar refractivity (Wildman–Crippen MR) is 74.2 cm³/mol. The summed E-state index contributed by atoms with van der Waals surface area (Å²) < 4.78 is 42.3. The van der Waals surface area contributed by atoms with Crippen molar-refractivity contribution in [1.29, 1.82) is 0 Å². The van der Waals surface area contributed by atoms with Crippen molar-refractivity contribution in [2.24, 2.45) is 5.73 Å². The number of halogens is 3. The van der Waals surface area contributed by atoms with Crippen molar-refractivity contribution in [1.82, 2.24) is 5.32 Å². The molecule has 1 aromatic rings. The average molecular weight is 320 g/mol. The molecule has 124 valence electrons. The van der Waals surface area contributed by atoms with Crippen LogP contribution in [-0.2, 0) is 11.0 Å². The van der Waals surface area contributed by atoms with E-state index < -0.39 is 17.8 Å². The van der Waals surface area contributed by atoms with Gasteiger partial charge in [-0.15, -0.1) is 0 Å². The summed E-state index contributed by atoms with van der Waals surface area (Å²) in [6.07, 6.45) is -4.51. The quantitative estimate of drug-likeness (QED) is 0.674. The number of amides is 1. The lowest BCUT2D eigenvalue weighted by molar-refractivity contribution is -0.137. The van der Waals surface area contributed by atoms with E-state index in [1.807, 2.05) is 0 Å². The summed E-state index contributed by atoms with van der Waals surface area (Å²) in [7, 11) is 0. The van der Waals surface area contributed by atoms with E-state index in [1.165, 1.54) is 12.1 Å². The van der Waals surface area contributed by atoms with Gasteiger partial charge >= 0.3 is 6.18 Å². The van der Waals surface area contributed by atoms with Gasteiger partial charge in [-0.3, -0.25) is 4.79 Å². The third-order valence-electron chi connectivity index (χ3n) is 2.77. The fourth-order valence-electron chi connectivity index (χ4n) is 1.57. The third kappa shape index (κ3) is 6.77. The van der Waals surface area contributed by atoms with Gasteiger partial charge in [0.1, 0.15) is 18.5 Å². The van der Waals surface area contributed by atoms with Crippen LogP contribution in [-0.4, -0.2) is 36.8 Å². The molecule has 0 heterocycles. The van der Waals surface area contributed by atoms with Gasteiger partial charge in [-0.1, -0.05) is 0 Å². The van der Waals surface area contributed by atoms with Crippen molar-refractivity contribution in [3.05, 3.63) is 29.8 Å². The molecular formula is C14H19F3N2O3. The molecule has 0 spiro atoms. The van der Waals surface area contributed by atoms with Crippen molar-refractivity contribution in [2.75, 3.05) is 19.7 Å². The standard InChI is InChI=1S/C14H19F3N2O3/c15-14(16,17)10-3-5-12(6-4-10)22-9-11(20)8-19-13(21)2-1-7-18/h3-6,11,20H,1-2,7-9,18H2,(H,19,21). The second-order valence-electron chi connectivity index (χ2n) is 4.68. The number of aliphatic hydroxyl groups is 1. The maximum Gasteiger partial charge on any atom is 0.416 e. The van der Waals surface area contributed by atoms with Crippen LogP contribution >= 0.6 is 0 Å². The molecule has 1 rings (SSSR count). The number of rotatable bonds is 8. The van der Waals surface area contributed by atoms with Gasteiger partial charge < -0.3 is 20.9 Å². The van der Waals surface area contributed by atoms with Crippen molar-refractivity contribution in [3.8, 4) is 5.75 Å². The number of nitrogens with one attached hydrogen (secondary N) is 1. The third-order valence-corrected chi connectivity index (χ3v) is 2.77. The summed E-state index contributed by atoms with van der Waals surface area (Å²) in [4.78, 5) is 11.3. The molecule has 1 aromatic carbocycles. The molecule has 0 fully saturated rings. The van der Waals surface area contributed by atoms with Crippen LogP contribution < -0.4 is 15.8 Å². The zero-order valence-electron chi connectivity index (χ0n) is 11.9. The summed E-state index contributed by atoms with van der Waals surface area (Å²) in [5.74, 6) is -0.0134. The van der Waals surface area contributed by atoms with Crippen LogP contribution in [0.4, 0.5) is 13.2 Å². The van der Waals surface area contributed by atoms with Crippen LogP contribution in [0.25, 0.3) is 0 Å². The number of nitrogens with two attached hydrogens (primary N) is 1. The van der Waals surface area contributed by atoms with E-state index in [9.17, 15) is 23.1 Å². The fraction of sp³-hybridized carbons (Fsp3) is 0.500. The number of ether oxygens (including phenoxy) is 1. The van der Waals surface area contributed by atoms with Gasteiger partial charge in [0, 0.05) is 13.0 Å². The minimum absolute atomic E-state index is 0.00401. The van der Waals surface area contributed by atoms with E-state index in [0.29, 0.717) is 13.0 Å². The van der Waals surface area contributed by atoms with Crippen molar-refractivity contribution in [3.63, 3.8) is 0 Å². The van der Waals surface area contributed by atoms with E-state index in [-0.39, 0.29) is 31.2 Å². The largest absolute Gasteiger partial charge is 0.491 e. The minimum atomic E-state index is -4.40. The first kappa shape index (κ1) is 18.2. The van der Waals surface area contributed by atoms with Crippen molar-refractivity contribution >= 4 is 5.91 Å². The van der Waals surface area contributed by atoms with Gasteiger partial charge in [-0.25, -0.2) is 0 Å². The summed E-state index contributed by atoms with van der Waals surface area (Å²) in [6, 6.07) is 4.15. The molecule has 8 heteroatoms. The Hall–Kier alpha value is -1.80. The molecule has 1 amide bonds. The number of carbonyl (C=O) groups is 1. The van der Waals surface area contributed by atoms with E-state index in [1.54, 1.807) is 0 Å². The zero-order chi connectivity index (χ0) is 16.6. The van der Waals surface area contributed by atoms with E-state index in [2.05, 4.69) is 5.32 Å². The molecule has 22 heavy (non-hydrogen) atoms. The molecule has 0 aliphatic carbocycles.